The molecular weight excluding hydrogens is 302 g/mol. The van der Waals surface area contributed by atoms with Gasteiger partial charge in [-0.2, -0.15) is 5.10 Å². The highest BCUT2D eigenvalue weighted by Gasteiger charge is 2.20. The molecule has 1 amide bonds. The summed E-state index contributed by atoms with van der Waals surface area (Å²) in [5.41, 5.74) is 2.24. The third-order valence-electron chi connectivity index (χ3n) is 4.76. The zero-order chi connectivity index (χ0) is 16.5. The van der Waals surface area contributed by atoms with Crippen molar-refractivity contribution in [3.05, 3.63) is 48.0 Å². The van der Waals surface area contributed by atoms with E-state index in [4.69, 9.17) is 0 Å². The van der Waals surface area contributed by atoms with E-state index in [1.54, 1.807) is 12.4 Å². The number of pyridine rings is 1. The van der Waals surface area contributed by atoms with Gasteiger partial charge in [0.15, 0.2) is 0 Å². The van der Waals surface area contributed by atoms with Crippen LogP contribution in [0.25, 0.3) is 5.65 Å². The van der Waals surface area contributed by atoms with E-state index in [0.717, 1.165) is 30.0 Å². The van der Waals surface area contributed by atoms with Crippen LogP contribution in [-0.4, -0.2) is 25.1 Å². The summed E-state index contributed by atoms with van der Waals surface area (Å²) < 4.78 is 3.88. The minimum Gasteiger partial charge on any atom is -0.305 e. The van der Waals surface area contributed by atoms with Gasteiger partial charge in [-0.1, -0.05) is 25.3 Å². The van der Waals surface area contributed by atoms with Crippen LogP contribution in [-0.2, 0) is 0 Å². The Labute approximate surface area is 140 Å². The van der Waals surface area contributed by atoms with Gasteiger partial charge in [0.25, 0.3) is 5.91 Å². The Morgan fingerprint density at radius 1 is 1.21 bits per heavy atom. The molecule has 24 heavy (non-hydrogen) atoms. The van der Waals surface area contributed by atoms with E-state index >= 15 is 0 Å². The smallest absolute Gasteiger partial charge is 0.277 e. The number of anilines is 1. The van der Waals surface area contributed by atoms with Gasteiger partial charge < -0.3 is 9.72 Å². The molecule has 0 unspecified atom stereocenters. The van der Waals surface area contributed by atoms with Gasteiger partial charge in [0.05, 0.1) is 12.2 Å². The number of nitrogens with zero attached hydrogens (tertiary/aromatic N) is 4. The van der Waals surface area contributed by atoms with Gasteiger partial charge >= 0.3 is 0 Å². The van der Waals surface area contributed by atoms with Crippen LogP contribution in [0.1, 0.15) is 54.3 Å². The lowest BCUT2D eigenvalue weighted by atomic mass is 9.96. The van der Waals surface area contributed by atoms with Crippen LogP contribution in [0.3, 0.4) is 0 Å². The van der Waals surface area contributed by atoms with Crippen molar-refractivity contribution in [3.63, 3.8) is 0 Å². The van der Waals surface area contributed by atoms with Crippen molar-refractivity contribution in [2.45, 2.75) is 45.1 Å². The first kappa shape index (κ1) is 14.9. The second kappa shape index (κ2) is 6.11. The van der Waals surface area contributed by atoms with Crippen molar-refractivity contribution >= 4 is 17.4 Å². The Hall–Kier alpha value is -2.63. The maximum absolute atomic E-state index is 12.6. The van der Waals surface area contributed by atoms with Gasteiger partial charge in [-0.3, -0.25) is 4.79 Å². The summed E-state index contributed by atoms with van der Waals surface area (Å²) in [6, 6.07) is 8.07. The molecule has 1 saturated carbocycles. The van der Waals surface area contributed by atoms with Gasteiger partial charge in [-0.15, -0.1) is 0 Å². The quantitative estimate of drug-likeness (QED) is 0.801. The zero-order valence-corrected chi connectivity index (χ0v) is 13.8. The largest absolute Gasteiger partial charge is 0.305 e. The van der Waals surface area contributed by atoms with Crippen LogP contribution in [0.5, 0.6) is 0 Å². The van der Waals surface area contributed by atoms with Crippen LogP contribution >= 0.6 is 0 Å². The monoisotopic (exact) mass is 323 g/mol. The predicted molar refractivity (Wildman–Crippen MR) is 92.2 cm³/mol. The van der Waals surface area contributed by atoms with Crippen LogP contribution in [0, 0.1) is 6.92 Å². The first-order chi connectivity index (χ1) is 11.7. The number of imidazole rings is 1. The summed E-state index contributed by atoms with van der Waals surface area (Å²) >= 11 is 0. The second-order valence-electron chi connectivity index (χ2n) is 6.43. The SMILES string of the molecule is Cc1cccc2nc(C(=O)Nc3ccnn3C3CCCCC3)cn12. The van der Waals surface area contributed by atoms with Crippen LogP contribution < -0.4 is 5.32 Å². The molecule has 0 saturated heterocycles. The molecule has 3 aromatic heterocycles. The molecule has 1 aliphatic rings. The van der Waals surface area contributed by atoms with E-state index in [1.165, 1.54) is 19.3 Å². The average molecular weight is 323 g/mol. The molecule has 0 aliphatic heterocycles. The lowest BCUT2D eigenvalue weighted by Crippen LogP contribution is -2.20. The fraction of sp³-hybridized carbons (Fsp3) is 0.389. The highest BCUT2D eigenvalue weighted by Crippen LogP contribution is 2.30. The first-order valence-corrected chi connectivity index (χ1v) is 8.52. The summed E-state index contributed by atoms with van der Waals surface area (Å²) in [6.45, 7) is 1.99. The lowest BCUT2D eigenvalue weighted by Gasteiger charge is -2.23. The molecule has 0 atom stereocenters. The van der Waals surface area contributed by atoms with Gasteiger partial charge in [0, 0.05) is 18.0 Å². The summed E-state index contributed by atoms with van der Waals surface area (Å²) in [7, 11) is 0. The molecule has 3 aromatic rings. The molecule has 124 valence electrons. The number of aryl methyl sites for hydroxylation is 1. The Morgan fingerprint density at radius 2 is 2.04 bits per heavy atom. The van der Waals surface area contributed by atoms with Gasteiger partial charge in [-0.05, 0) is 31.9 Å². The minimum absolute atomic E-state index is 0.198. The van der Waals surface area contributed by atoms with E-state index in [1.807, 2.05) is 40.3 Å². The number of hydrogen-bond acceptors (Lipinski definition) is 3. The minimum atomic E-state index is -0.198. The van der Waals surface area contributed by atoms with E-state index in [-0.39, 0.29) is 5.91 Å². The van der Waals surface area contributed by atoms with Crippen LogP contribution in [0.4, 0.5) is 5.82 Å². The number of aromatic nitrogens is 4. The number of carbonyl (C=O) groups excluding carboxylic acids is 1. The number of rotatable bonds is 3. The second-order valence-corrected chi connectivity index (χ2v) is 6.43. The van der Waals surface area contributed by atoms with Crippen molar-refractivity contribution in [1.82, 2.24) is 19.2 Å². The third-order valence-corrected chi connectivity index (χ3v) is 4.76. The van der Waals surface area contributed by atoms with Crippen molar-refractivity contribution in [3.8, 4) is 0 Å². The number of carbonyl (C=O) groups is 1. The molecule has 1 N–H and O–H groups in total. The lowest BCUT2D eigenvalue weighted by molar-refractivity contribution is 0.102. The highest BCUT2D eigenvalue weighted by molar-refractivity contribution is 6.02. The molecule has 6 heteroatoms. The Kier molecular flexibility index (Phi) is 3.80. The average Bonchev–Trinajstić information content (AvgIpc) is 3.23. The van der Waals surface area contributed by atoms with Crippen molar-refractivity contribution < 1.29 is 4.79 Å². The van der Waals surface area contributed by atoms with Crippen molar-refractivity contribution in [2.24, 2.45) is 0 Å². The Morgan fingerprint density at radius 3 is 2.83 bits per heavy atom. The molecule has 0 bridgehead atoms. The number of nitrogens with one attached hydrogen (secondary N) is 1. The predicted octanol–water partition coefficient (Wildman–Crippen LogP) is 3.60. The molecular formula is C18H21N5O. The molecule has 1 fully saturated rings. The zero-order valence-electron chi connectivity index (χ0n) is 13.8. The fourth-order valence-corrected chi connectivity index (χ4v) is 3.47. The Balaban J connectivity index is 1.57. The third kappa shape index (κ3) is 2.68. The van der Waals surface area contributed by atoms with Gasteiger partial charge in [0.2, 0.25) is 0 Å². The van der Waals surface area contributed by atoms with E-state index in [2.05, 4.69) is 15.4 Å². The normalized spacial score (nSPS) is 15.7. The van der Waals surface area contributed by atoms with E-state index in [0.29, 0.717) is 11.7 Å². The van der Waals surface area contributed by atoms with Gasteiger partial charge in [0.1, 0.15) is 17.2 Å². The summed E-state index contributed by atoms with van der Waals surface area (Å²) in [5.74, 6) is 0.552. The van der Waals surface area contributed by atoms with Crippen molar-refractivity contribution in [1.29, 1.82) is 0 Å². The molecule has 0 aromatic carbocycles. The molecule has 0 spiro atoms. The highest BCUT2D eigenvalue weighted by atomic mass is 16.2. The summed E-state index contributed by atoms with van der Waals surface area (Å²) in [6.07, 6.45) is 9.52. The van der Waals surface area contributed by atoms with E-state index in [9.17, 15) is 4.79 Å². The topological polar surface area (TPSA) is 64.2 Å². The molecule has 1 aliphatic carbocycles. The summed E-state index contributed by atoms with van der Waals surface area (Å²) in [5, 5.41) is 7.39. The number of amides is 1. The van der Waals surface area contributed by atoms with Crippen LogP contribution in [0.2, 0.25) is 0 Å². The number of fused-ring (bicyclic) bond motifs is 1. The molecule has 4 rings (SSSR count). The number of hydrogen-bond donors (Lipinski definition) is 1. The van der Waals surface area contributed by atoms with E-state index < -0.39 is 0 Å². The first-order valence-electron chi connectivity index (χ1n) is 8.52. The summed E-state index contributed by atoms with van der Waals surface area (Å²) in [4.78, 5) is 17.0. The molecule has 3 heterocycles. The maximum atomic E-state index is 12.6. The van der Waals surface area contributed by atoms with Crippen LogP contribution in [0.15, 0.2) is 36.7 Å². The van der Waals surface area contributed by atoms with Gasteiger partial charge in [-0.25, -0.2) is 9.67 Å². The maximum Gasteiger partial charge on any atom is 0.277 e. The standard InChI is InChI=1S/C18H21N5O/c1-13-6-5-9-16-20-15(12-22(13)16)18(24)21-17-10-11-19-23(17)14-7-3-2-4-8-14/h5-6,9-12,14H,2-4,7-8H2,1H3,(H,21,24). The fourth-order valence-electron chi connectivity index (χ4n) is 3.47. The molecule has 6 nitrogen and oxygen atoms in total. The van der Waals surface area contributed by atoms with Crippen molar-refractivity contribution in [2.75, 3.05) is 5.32 Å². The molecule has 0 radical (unpaired) electrons. The Bertz CT molecular complexity index is 873.